The standard InChI is InChI=1S/C19H16/c1-15-12-13-18(14-15)19(16-8-4-2-5-9-16)17-10-6-3-7-11-17/h2-14H,1H3. The maximum absolute atomic E-state index is 2.25. The summed E-state index contributed by atoms with van der Waals surface area (Å²) in [6.07, 6.45) is 6.61. The highest BCUT2D eigenvalue weighted by Gasteiger charge is 2.10. The molecule has 1 aliphatic carbocycles. The molecule has 0 nitrogen and oxygen atoms in total. The van der Waals surface area contributed by atoms with E-state index in [9.17, 15) is 0 Å². The van der Waals surface area contributed by atoms with Gasteiger partial charge in [-0.3, -0.25) is 0 Å². The summed E-state index contributed by atoms with van der Waals surface area (Å²) in [4.78, 5) is 0. The average Bonchev–Trinajstić information content (AvgIpc) is 2.88. The Hall–Kier alpha value is -2.34. The molecular weight excluding hydrogens is 228 g/mol. The molecule has 0 bridgehead atoms. The number of hydrogen-bond acceptors (Lipinski definition) is 0. The predicted molar refractivity (Wildman–Crippen MR) is 81.8 cm³/mol. The van der Waals surface area contributed by atoms with Crippen molar-refractivity contribution in [3.05, 3.63) is 101 Å². The van der Waals surface area contributed by atoms with Crippen LogP contribution >= 0.6 is 0 Å². The maximum Gasteiger partial charge on any atom is -0.00388 e. The number of rotatable bonds is 2. The van der Waals surface area contributed by atoms with Crippen LogP contribution < -0.4 is 0 Å². The zero-order valence-electron chi connectivity index (χ0n) is 11.0. The van der Waals surface area contributed by atoms with E-state index in [0.717, 1.165) is 0 Å². The topological polar surface area (TPSA) is 0 Å². The molecule has 0 aliphatic heterocycles. The van der Waals surface area contributed by atoms with Crippen LogP contribution in [0.2, 0.25) is 0 Å². The van der Waals surface area contributed by atoms with Gasteiger partial charge in [0, 0.05) is 0 Å². The van der Waals surface area contributed by atoms with Gasteiger partial charge in [-0.25, -0.2) is 0 Å². The fourth-order valence-corrected chi connectivity index (χ4v) is 2.43. The summed E-state index contributed by atoms with van der Waals surface area (Å²) in [5, 5.41) is 0. The highest BCUT2D eigenvalue weighted by atomic mass is 14.1. The Kier molecular flexibility index (Phi) is 3.16. The first-order chi connectivity index (χ1) is 9.34. The van der Waals surface area contributed by atoms with E-state index in [1.54, 1.807) is 0 Å². The van der Waals surface area contributed by atoms with Gasteiger partial charge >= 0.3 is 0 Å². The molecule has 0 radical (unpaired) electrons. The Bertz CT molecular complexity index is 614. The monoisotopic (exact) mass is 244 g/mol. The second-order valence-electron chi connectivity index (χ2n) is 4.78. The van der Waals surface area contributed by atoms with E-state index < -0.39 is 0 Å². The molecular formula is C19H16. The van der Waals surface area contributed by atoms with Crippen LogP contribution in [0, 0.1) is 0 Å². The van der Waals surface area contributed by atoms with Gasteiger partial charge in [0.1, 0.15) is 0 Å². The first-order valence-corrected chi connectivity index (χ1v) is 6.56. The normalized spacial score (nSPS) is 13.5. The molecule has 2 aromatic rings. The fourth-order valence-electron chi connectivity index (χ4n) is 2.43. The summed E-state index contributed by atoms with van der Waals surface area (Å²) < 4.78 is 0. The third-order valence-electron chi connectivity index (χ3n) is 3.32. The molecule has 0 saturated heterocycles. The summed E-state index contributed by atoms with van der Waals surface area (Å²) in [6, 6.07) is 21.2. The molecule has 0 heteroatoms. The minimum Gasteiger partial charge on any atom is -0.0622 e. The Balaban J connectivity index is 2.22. The van der Waals surface area contributed by atoms with Crippen molar-refractivity contribution in [1.82, 2.24) is 0 Å². The molecule has 0 spiro atoms. The van der Waals surface area contributed by atoms with Crippen molar-refractivity contribution < 1.29 is 0 Å². The summed E-state index contributed by atoms with van der Waals surface area (Å²) in [5.41, 5.74) is 6.42. The highest BCUT2D eigenvalue weighted by molar-refractivity contribution is 5.86. The zero-order valence-corrected chi connectivity index (χ0v) is 11.0. The van der Waals surface area contributed by atoms with Crippen LogP contribution in [0.5, 0.6) is 0 Å². The van der Waals surface area contributed by atoms with E-state index in [0.29, 0.717) is 0 Å². The van der Waals surface area contributed by atoms with Crippen molar-refractivity contribution in [2.24, 2.45) is 0 Å². The van der Waals surface area contributed by atoms with Crippen LogP contribution in [-0.2, 0) is 0 Å². The van der Waals surface area contributed by atoms with Crippen molar-refractivity contribution in [3.8, 4) is 0 Å². The van der Waals surface area contributed by atoms with Gasteiger partial charge in [0.15, 0.2) is 0 Å². The van der Waals surface area contributed by atoms with Gasteiger partial charge in [0.2, 0.25) is 0 Å². The minimum absolute atomic E-state index is 1.26. The Morgan fingerprint density at radius 2 is 1.21 bits per heavy atom. The van der Waals surface area contributed by atoms with Crippen LogP contribution in [0.25, 0.3) is 5.57 Å². The third kappa shape index (κ3) is 2.43. The lowest BCUT2D eigenvalue weighted by atomic mass is 9.93. The van der Waals surface area contributed by atoms with Gasteiger partial charge in [-0.05, 0) is 29.2 Å². The third-order valence-corrected chi connectivity index (χ3v) is 3.32. The molecule has 1 aliphatic rings. The van der Waals surface area contributed by atoms with E-state index in [1.807, 2.05) is 0 Å². The van der Waals surface area contributed by atoms with Crippen molar-refractivity contribution in [2.45, 2.75) is 6.92 Å². The number of allylic oxidation sites excluding steroid dienone is 5. The molecule has 0 amide bonds. The summed E-state index contributed by atoms with van der Waals surface area (Å²) in [7, 11) is 0. The first kappa shape index (κ1) is 11.7. The molecule has 0 saturated carbocycles. The SMILES string of the molecule is CC1=CC(=C(c2ccccc2)c2ccccc2)C=C1. The van der Waals surface area contributed by atoms with Crippen molar-refractivity contribution in [1.29, 1.82) is 0 Å². The van der Waals surface area contributed by atoms with Gasteiger partial charge in [0.05, 0.1) is 0 Å². The molecule has 0 heterocycles. The lowest BCUT2D eigenvalue weighted by Gasteiger charge is -2.10. The molecule has 3 rings (SSSR count). The molecule has 0 unspecified atom stereocenters. The zero-order chi connectivity index (χ0) is 13.1. The van der Waals surface area contributed by atoms with Gasteiger partial charge in [-0.2, -0.15) is 0 Å². The fraction of sp³-hybridized carbons (Fsp3) is 0.0526. The first-order valence-electron chi connectivity index (χ1n) is 6.56. The molecule has 0 fully saturated rings. The van der Waals surface area contributed by atoms with Crippen LogP contribution in [-0.4, -0.2) is 0 Å². The van der Waals surface area contributed by atoms with E-state index in [-0.39, 0.29) is 0 Å². The Morgan fingerprint density at radius 1 is 0.684 bits per heavy atom. The lowest BCUT2D eigenvalue weighted by Crippen LogP contribution is -1.90. The van der Waals surface area contributed by atoms with E-state index in [1.165, 1.54) is 27.8 Å². The molecule has 92 valence electrons. The molecule has 0 N–H and O–H groups in total. The summed E-state index contributed by atoms with van der Waals surface area (Å²) >= 11 is 0. The second kappa shape index (κ2) is 5.11. The number of benzene rings is 2. The summed E-state index contributed by atoms with van der Waals surface area (Å²) in [6.45, 7) is 2.14. The average molecular weight is 244 g/mol. The molecule has 19 heavy (non-hydrogen) atoms. The van der Waals surface area contributed by atoms with Crippen LogP contribution in [0.1, 0.15) is 18.1 Å². The lowest BCUT2D eigenvalue weighted by molar-refractivity contribution is 1.51. The Labute approximate surface area is 114 Å². The largest absolute Gasteiger partial charge is 0.0622 e. The number of hydrogen-bond donors (Lipinski definition) is 0. The molecule has 0 atom stereocenters. The Morgan fingerprint density at radius 3 is 1.63 bits per heavy atom. The van der Waals surface area contributed by atoms with E-state index in [4.69, 9.17) is 0 Å². The van der Waals surface area contributed by atoms with Crippen LogP contribution in [0.4, 0.5) is 0 Å². The highest BCUT2D eigenvalue weighted by Crippen LogP contribution is 2.31. The predicted octanol–water partition coefficient (Wildman–Crippen LogP) is 5.00. The van der Waals surface area contributed by atoms with Gasteiger partial charge in [-0.15, -0.1) is 0 Å². The van der Waals surface area contributed by atoms with E-state index in [2.05, 4.69) is 85.8 Å². The van der Waals surface area contributed by atoms with Gasteiger partial charge in [-0.1, -0.05) is 84.5 Å². The van der Waals surface area contributed by atoms with Crippen LogP contribution in [0.15, 0.2) is 90.0 Å². The maximum atomic E-state index is 2.25. The van der Waals surface area contributed by atoms with Crippen LogP contribution in [0.3, 0.4) is 0 Å². The molecule has 2 aromatic carbocycles. The minimum atomic E-state index is 1.26. The second-order valence-corrected chi connectivity index (χ2v) is 4.78. The quantitative estimate of drug-likeness (QED) is 0.697. The van der Waals surface area contributed by atoms with Crippen molar-refractivity contribution >= 4 is 5.57 Å². The van der Waals surface area contributed by atoms with Crippen molar-refractivity contribution in [2.75, 3.05) is 0 Å². The van der Waals surface area contributed by atoms with Gasteiger partial charge < -0.3 is 0 Å². The van der Waals surface area contributed by atoms with Gasteiger partial charge in [0.25, 0.3) is 0 Å². The van der Waals surface area contributed by atoms with E-state index >= 15 is 0 Å². The molecule has 0 aromatic heterocycles. The van der Waals surface area contributed by atoms with Crippen molar-refractivity contribution in [3.63, 3.8) is 0 Å². The smallest absolute Gasteiger partial charge is 0.00388 e. The summed E-state index contributed by atoms with van der Waals surface area (Å²) in [5.74, 6) is 0.